The molecule has 5 rings (SSSR count). The van der Waals surface area contributed by atoms with E-state index in [0.29, 0.717) is 42.3 Å². The zero-order valence-electron chi connectivity index (χ0n) is 19.8. The van der Waals surface area contributed by atoms with Crippen LogP contribution in [0.15, 0.2) is 65.5 Å². The molecule has 0 aliphatic carbocycles. The van der Waals surface area contributed by atoms with Gasteiger partial charge >= 0.3 is 6.03 Å². The molecule has 0 saturated carbocycles. The first-order valence-corrected chi connectivity index (χ1v) is 11.7. The molecule has 1 fully saturated rings. The van der Waals surface area contributed by atoms with Gasteiger partial charge in [-0.05, 0) is 54.3 Å². The highest BCUT2D eigenvalue weighted by Crippen LogP contribution is 2.36. The minimum absolute atomic E-state index is 0.0172. The van der Waals surface area contributed by atoms with Crippen LogP contribution in [-0.2, 0) is 11.3 Å². The Labute approximate surface area is 203 Å². The lowest BCUT2D eigenvalue weighted by atomic mass is 9.83. The summed E-state index contributed by atoms with van der Waals surface area (Å²) < 4.78 is 7.23. The van der Waals surface area contributed by atoms with Crippen molar-refractivity contribution in [2.75, 3.05) is 30.8 Å². The largest absolute Gasteiger partial charge is 0.495 e. The Balaban J connectivity index is 1.36. The van der Waals surface area contributed by atoms with Crippen LogP contribution in [-0.4, -0.2) is 41.6 Å². The first kappa shape index (κ1) is 22.7. The molecule has 8 heteroatoms. The van der Waals surface area contributed by atoms with Gasteiger partial charge in [0, 0.05) is 49.4 Å². The molecule has 1 aromatic heterocycles. The highest BCUT2D eigenvalue weighted by Gasteiger charge is 2.37. The van der Waals surface area contributed by atoms with Crippen LogP contribution >= 0.6 is 0 Å². The first-order chi connectivity index (χ1) is 16.9. The van der Waals surface area contributed by atoms with Gasteiger partial charge in [0.1, 0.15) is 5.75 Å². The van der Waals surface area contributed by atoms with Crippen molar-refractivity contribution in [2.45, 2.75) is 25.8 Å². The zero-order chi connectivity index (χ0) is 24.5. The van der Waals surface area contributed by atoms with E-state index in [-0.39, 0.29) is 29.3 Å². The number of anilines is 2. The van der Waals surface area contributed by atoms with Gasteiger partial charge in [-0.3, -0.25) is 9.59 Å². The summed E-state index contributed by atoms with van der Waals surface area (Å²) in [6.07, 6.45) is 0.961. The van der Waals surface area contributed by atoms with E-state index in [1.165, 1.54) is 6.92 Å². The predicted molar refractivity (Wildman–Crippen MR) is 135 cm³/mol. The van der Waals surface area contributed by atoms with Gasteiger partial charge in [-0.1, -0.05) is 24.3 Å². The van der Waals surface area contributed by atoms with E-state index in [4.69, 9.17) is 4.74 Å². The Hall–Kier alpha value is -4.07. The number of methoxy groups -OCH3 is 1. The third kappa shape index (κ3) is 4.51. The predicted octanol–water partition coefficient (Wildman–Crippen LogP) is 4.13. The lowest BCUT2D eigenvalue weighted by Gasteiger charge is -2.42. The molecule has 2 bridgehead atoms. The molecule has 180 valence electrons. The minimum atomic E-state index is -0.157. The summed E-state index contributed by atoms with van der Waals surface area (Å²) in [7, 11) is 1.58. The number of benzene rings is 2. The second kappa shape index (κ2) is 9.29. The number of rotatable bonds is 4. The van der Waals surface area contributed by atoms with Gasteiger partial charge in [-0.25, -0.2) is 4.79 Å². The van der Waals surface area contributed by atoms with E-state index in [0.717, 1.165) is 17.7 Å². The van der Waals surface area contributed by atoms with Crippen molar-refractivity contribution < 1.29 is 14.3 Å². The molecular formula is C27H28N4O4. The fraction of sp³-hybridized carbons (Fsp3) is 0.296. The molecule has 2 aliphatic heterocycles. The van der Waals surface area contributed by atoms with Crippen molar-refractivity contribution in [3.05, 3.63) is 76.7 Å². The Morgan fingerprint density at radius 1 is 0.943 bits per heavy atom. The number of fused-ring (bicyclic) bond motifs is 4. The number of nitrogens with one attached hydrogen (secondary N) is 2. The second-order valence-corrected chi connectivity index (χ2v) is 9.18. The van der Waals surface area contributed by atoms with Gasteiger partial charge in [0.2, 0.25) is 5.91 Å². The van der Waals surface area contributed by atoms with Crippen molar-refractivity contribution in [3.63, 3.8) is 0 Å². The number of hydrogen-bond donors (Lipinski definition) is 2. The van der Waals surface area contributed by atoms with E-state index >= 15 is 0 Å². The standard InChI is InChI=1S/C27H28N4O4/c1-17(32)28-21-9-7-19(8-10-21)22-11-12-24-20-13-18(15-31(24)26(22)33)14-30(16-20)27(34)29-23-5-3-4-6-25(23)35-2/h3-12,18,20H,13-16H2,1-2H3,(H,28,32)(H,29,34)/t18-,20+/m0/s1. The molecule has 0 radical (unpaired) electrons. The van der Waals surface area contributed by atoms with E-state index in [9.17, 15) is 14.4 Å². The number of para-hydroxylation sites is 2. The topological polar surface area (TPSA) is 92.7 Å². The molecule has 0 unspecified atom stereocenters. The Bertz CT molecular complexity index is 1330. The van der Waals surface area contributed by atoms with Gasteiger partial charge in [0.15, 0.2) is 0 Å². The van der Waals surface area contributed by atoms with E-state index in [2.05, 4.69) is 10.6 Å². The lowest BCUT2D eigenvalue weighted by molar-refractivity contribution is -0.114. The SMILES string of the molecule is COc1ccccc1NC(=O)N1C[C@@H]2C[C@H](C1)c1ccc(-c3ccc(NC(C)=O)cc3)c(=O)n1C2. The zero-order valence-corrected chi connectivity index (χ0v) is 19.8. The molecule has 3 aromatic rings. The average molecular weight is 473 g/mol. The van der Waals surface area contributed by atoms with Crippen LogP contribution in [0, 0.1) is 5.92 Å². The molecule has 2 aromatic carbocycles. The van der Waals surface area contributed by atoms with Crippen LogP contribution < -0.4 is 20.9 Å². The minimum Gasteiger partial charge on any atom is -0.495 e. The van der Waals surface area contributed by atoms with Gasteiger partial charge in [0.25, 0.3) is 5.56 Å². The number of nitrogens with zero attached hydrogens (tertiary/aromatic N) is 2. The van der Waals surface area contributed by atoms with Crippen LogP contribution in [0.2, 0.25) is 0 Å². The molecule has 35 heavy (non-hydrogen) atoms. The van der Waals surface area contributed by atoms with E-state index in [1.807, 2.05) is 58.0 Å². The summed E-state index contributed by atoms with van der Waals surface area (Å²) in [5, 5.41) is 5.71. The Morgan fingerprint density at radius 3 is 2.46 bits per heavy atom. The van der Waals surface area contributed by atoms with Crippen molar-refractivity contribution in [1.82, 2.24) is 9.47 Å². The summed E-state index contributed by atoms with van der Waals surface area (Å²) in [6, 6.07) is 18.4. The molecule has 1 saturated heterocycles. The number of pyridine rings is 1. The second-order valence-electron chi connectivity index (χ2n) is 9.18. The Kier molecular flexibility index (Phi) is 6.03. The number of urea groups is 1. The summed E-state index contributed by atoms with van der Waals surface area (Å²) in [5.41, 5.74) is 3.74. The monoisotopic (exact) mass is 472 g/mol. The smallest absolute Gasteiger partial charge is 0.321 e. The number of ether oxygens (including phenoxy) is 1. The number of hydrogen-bond acceptors (Lipinski definition) is 4. The van der Waals surface area contributed by atoms with Crippen molar-refractivity contribution in [1.29, 1.82) is 0 Å². The fourth-order valence-corrected chi connectivity index (χ4v) is 5.21. The number of piperidine rings is 1. The van der Waals surface area contributed by atoms with Gasteiger partial charge < -0.3 is 24.8 Å². The highest BCUT2D eigenvalue weighted by atomic mass is 16.5. The normalized spacial score (nSPS) is 18.4. The number of aromatic nitrogens is 1. The summed E-state index contributed by atoms with van der Waals surface area (Å²) in [6.45, 7) is 3.20. The van der Waals surface area contributed by atoms with Crippen LogP contribution in [0.5, 0.6) is 5.75 Å². The number of likely N-dealkylation sites (tertiary alicyclic amines) is 1. The first-order valence-electron chi connectivity index (χ1n) is 11.7. The highest BCUT2D eigenvalue weighted by molar-refractivity contribution is 5.91. The number of carbonyl (C=O) groups is 2. The van der Waals surface area contributed by atoms with Crippen molar-refractivity contribution in [3.8, 4) is 16.9 Å². The lowest BCUT2D eigenvalue weighted by Crippen LogP contribution is -2.50. The maximum absolute atomic E-state index is 13.4. The Morgan fingerprint density at radius 2 is 1.71 bits per heavy atom. The third-order valence-corrected chi connectivity index (χ3v) is 6.76. The summed E-state index contributed by atoms with van der Waals surface area (Å²) in [5.74, 6) is 0.797. The molecule has 0 spiro atoms. The van der Waals surface area contributed by atoms with Crippen LogP contribution in [0.3, 0.4) is 0 Å². The number of amides is 3. The van der Waals surface area contributed by atoms with Crippen LogP contribution in [0.4, 0.5) is 16.2 Å². The fourth-order valence-electron chi connectivity index (χ4n) is 5.21. The van der Waals surface area contributed by atoms with Gasteiger partial charge in [0.05, 0.1) is 12.8 Å². The summed E-state index contributed by atoms with van der Waals surface area (Å²) >= 11 is 0. The maximum Gasteiger partial charge on any atom is 0.321 e. The van der Waals surface area contributed by atoms with Gasteiger partial charge in [-0.2, -0.15) is 0 Å². The van der Waals surface area contributed by atoms with E-state index in [1.54, 1.807) is 19.2 Å². The van der Waals surface area contributed by atoms with Gasteiger partial charge in [-0.15, -0.1) is 0 Å². The van der Waals surface area contributed by atoms with Crippen molar-refractivity contribution in [2.24, 2.45) is 5.92 Å². The van der Waals surface area contributed by atoms with Crippen LogP contribution in [0.1, 0.15) is 25.0 Å². The molecule has 8 nitrogen and oxygen atoms in total. The molecule has 2 atom stereocenters. The quantitative estimate of drug-likeness (QED) is 0.597. The number of carbonyl (C=O) groups excluding carboxylic acids is 2. The third-order valence-electron chi connectivity index (χ3n) is 6.76. The molecular weight excluding hydrogens is 444 g/mol. The molecule has 2 aliphatic rings. The van der Waals surface area contributed by atoms with E-state index < -0.39 is 0 Å². The van der Waals surface area contributed by atoms with Crippen LogP contribution in [0.25, 0.3) is 11.1 Å². The summed E-state index contributed by atoms with van der Waals surface area (Å²) in [4.78, 5) is 39.6. The molecule has 3 heterocycles. The van der Waals surface area contributed by atoms with Crippen molar-refractivity contribution >= 4 is 23.3 Å². The molecule has 2 N–H and O–H groups in total. The maximum atomic E-state index is 13.4. The molecule has 3 amide bonds. The average Bonchev–Trinajstić information content (AvgIpc) is 2.85.